The maximum absolute atomic E-state index is 11.1. The molecule has 0 spiro atoms. The molecule has 0 bridgehead atoms. The first-order valence-corrected chi connectivity index (χ1v) is 11.4. The van der Waals surface area contributed by atoms with E-state index in [2.05, 4.69) is 13.8 Å². The number of aliphatic hydroxyl groups excluding tert-OH is 4. The summed E-state index contributed by atoms with van der Waals surface area (Å²) in [5, 5.41) is 42.3. The summed E-state index contributed by atoms with van der Waals surface area (Å²) in [7, 11) is 0. The lowest BCUT2D eigenvalue weighted by molar-refractivity contribution is -0.260. The molecular formula is C26H38O5. The van der Waals surface area contributed by atoms with Gasteiger partial charge in [-0.05, 0) is 24.0 Å². The van der Waals surface area contributed by atoms with Crippen molar-refractivity contribution in [2.75, 3.05) is 13.2 Å². The predicted octanol–water partition coefficient (Wildman–Crippen LogP) is 3.88. The molecule has 0 aliphatic rings. The molecule has 5 nitrogen and oxygen atoms in total. The third kappa shape index (κ3) is 5.73. The molecule has 0 saturated heterocycles. The van der Waals surface area contributed by atoms with Gasteiger partial charge in [0.1, 0.15) is 23.4 Å². The van der Waals surface area contributed by atoms with Crippen LogP contribution in [0.25, 0.3) is 0 Å². The summed E-state index contributed by atoms with van der Waals surface area (Å²) in [6.45, 7) is 3.16. The van der Waals surface area contributed by atoms with Crippen molar-refractivity contribution < 1.29 is 25.2 Å². The molecule has 4 N–H and O–H groups in total. The molecule has 0 amide bonds. The SMILES string of the molecule is CCCCC(OC(CCCC)(c1ccccc1)C(O)CO)(c1ccccc1)C(O)CO. The molecule has 4 atom stereocenters. The molecule has 0 heterocycles. The second-order valence-electron chi connectivity index (χ2n) is 8.22. The fourth-order valence-electron chi connectivity index (χ4n) is 4.30. The number of benzene rings is 2. The fourth-order valence-corrected chi connectivity index (χ4v) is 4.30. The van der Waals surface area contributed by atoms with Crippen molar-refractivity contribution in [1.29, 1.82) is 0 Å². The summed E-state index contributed by atoms with van der Waals surface area (Å²) < 4.78 is 6.89. The molecule has 2 aromatic rings. The van der Waals surface area contributed by atoms with E-state index < -0.39 is 36.6 Å². The van der Waals surface area contributed by atoms with Gasteiger partial charge in [-0.3, -0.25) is 0 Å². The minimum Gasteiger partial charge on any atom is -0.394 e. The average Bonchev–Trinajstić information content (AvgIpc) is 2.84. The van der Waals surface area contributed by atoms with E-state index in [1.165, 1.54) is 0 Å². The predicted molar refractivity (Wildman–Crippen MR) is 123 cm³/mol. The van der Waals surface area contributed by atoms with Crippen molar-refractivity contribution in [3.63, 3.8) is 0 Å². The Morgan fingerprint density at radius 3 is 1.32 bits per heavy atom. The molecule has 0 fully saturated rings. The Morgan fingerprint density at radius 2 is 1.03 bits per heavy atom. The third-order valence-electron chi connectivity index (χ3n) is 6.11. The van der Waals surface area contributed by atoms with Crippen molar-refractivity contribution in [2.24, 2.45) is 0 Å². The number of hydrogen-bond donors (Lipinski definition) is 4. The van der Waals surface area contributed by atoms with E-state index >= 15 is 0 Å². The van der Waals surface area contributed by atoms with Gasteiger partial charge in [0.25, 0.3) is 0 Å². The average molecular weight is 431 g/mol. The highest BCUT2D eigenvalue weighted by Crippen LogP contribution is 2.46. The van der Waals surface area contributed by atoms with Crippen LogP contribution in [0.1, 0.15) is 63.5 Å². The molecule has 0 aliphatic heterocycles. The van der Waals surface area contributed by atoms with Gasteiger partial charge in [-0.25, -0.2) is 0 Å². The van der Waals surface area contributed by atoms with Gasteiger partial charge in [-0.1, -0.05) is 100 Å². The van der Waals surface area contributed by atoms with E-state index in [0.29, 0.717) is 12.8 Å². The maximum Gasteiger partial charge on any atom is 0.122 e. The van der Waals surface area contributed by atoms with Gasteiger partial charge in [-0.2, -0.15) is 0 Å². The lowest BCUT2D eigenvalue weighted by Gasteiger charge is -2.48. The molecular weight excluding hydrogens is 392 g/mol. The second-order valence-corrected chi connectivity index (χ2v) is 8.22. The topological polar surface area (TPSA) is 90.2 Å². The Morgan fingerprint density at radius 1 is 0.677 bits per heavy atom. The minimum absolute atomic E-state index is 0.466. The van der Waals surface area contributed by atoms with E-state index in [-0.39, 0.29) is 0 Å². The first-order chi connectivity index (χ1) is 15.0. The van der Waals surface area contributed by atoms with Crippen LogP contribution < -0.4 is 0 Å². The van der Waals surface area contributed by atoms with Gasteiger partial charge < -0.3 is 25.2 Å². The number of unbranched alkanes of at least 4 members (excludes halogenated alkanes) is 2. The second kappa shape index (κ2) is 12.3. The zero-order valence-corrected chi connectivity index (χ0v) is 18.8. The molecule has 2 aromatic carbocycles. The van der Waals surface area contributed by atoms with Crippen LogP contribution in [-0.2, 0) is 15.9 Å². The van der Waals surface area contributed by atoms with Crippen LogP contribution in [0.3, 0.4) is 0 Å². The van der Waals surface area contributed by atoms with Crippen molar-refractivity contribution in [2.45, 2.75) is 75.8 Å². The normalized spacial score (nSPS) is 17.5. The van der Waals surface area contributed by atoms with E-state index in [9.17, 15) is 20.4 Å². The number of aliphatic hydroxyl groups is 4. The highest BCUT2D eigenvalue weighted by molar-refractivity contribution is 5.29. The van der Waals surface area contributed by atoms with Gasteiger partial charge in [-0.15, -0.1) is 0 Å². The van der Waals surface area contributed by atoms with Gasteiger partial charge >= 0.3 is 0 Å². The molecule has 4 unspecified atom stereocenters. The van der Waals surface area contributed by atoms with E-state index in [1.807, 2.05) is 60.7 Å². The van der Waals surface area contributed by atoms with Gasteiger partial charge in [0, 0.05) is 0 Å². The Hall–Kier alpha value is -1.76. The first-order valence-electron chi connectivity index (χ1n) is 11.4. The molecule has 31 heavy (non-hydrogen) atoms. The summed E-state index contributed by atoms with van der Waals surface area (Å²) >= 11 is 0. The molecule has 172 valence electrons. The minimum atomic E-state index is -1.24. The molecule has 5 heteroatoms. The first kappa shape index (κ1) is 25.5. The monoisotopic (exact) mass is 430 g/mol. The van der Waals surface area contributed by atoms with Crippen molar-refractivity contribution in [3.8, 4) is 0 Å². The van der Waals surface area contributed by atoms with Crippen LogP contribution >= 0.6 is 0 Å². The Balaban J connectivity index is 2.73. The van der Waals surface area contributed by atoms with Crippen molar-refractivity contribution >= 4 is 0 Å². The number of hydrogen-bond acceptors (Lipinski definition) is 5. The Bertz CT molecular complexity index is 674. The standard InChI is InChI=1S/C26H38O5/c1-3-5-17-25(23(29)19-27,21-13-9-7-10-14-21)31-26(18-6-4-2,24(30)20-28)22-15-11-8-12-16-22/h7-16,23-24,27-30H,3-6,17-20H2,1-2H3. The molecule has 2 rings (SSSR count). The molecule has 0 radical (unpaired) electrons. The largest absolute Gasteiger partial charge is 0.394 e. The summed E-state index contributed by atoms with van der Waals surface area (Å²) in [5.41, 5.74) is -1.00. The Labute approximate surface area is 186 Å². The zero-order chi connectivity index (χ0) is 22.7. The third-order valence-corrected chi connectivity index (χ3v) is 6.11. The molecule has 0 aromatic heterocycles. The van der Waals surface area contributed by atoms with E-state index in [4.69, 9.17) is 4.74 Å². The fraction of sp³-hybridized carbons (Fsp3) is 0.538. The van der Waals surface area contributed by atoms with E-state index in [0.717, 1.165) is 36.8 Å². The van der Waals surface area contributed by atoms with Crippen LogP contribution in [0.15, 0.2) is 60.7 Å². The van der Waals surface area contributed by atoms with Crippen LogP contribution in [0, 0.1) is 0 Å². The van der Waals surface area contributed by atoms with Crippen LogP contribution in [0.4, 0.5) is 0 Å². The van der Waals surface area contributed by atoms with Gasteiger partial charge in [0.15, 0.2) is 0 Å². The zero-order valence-electron chi connectivity index (χ0n) is 18.8. The van der Waals surface area contributed by atoms with Crippen LogP contribution in [0.5, 0.6) is 0 Å². The quantitative estimate of drug-likeness (QED) is 0.365. The van der Waals surface area contributed by atoms with Crippen LogP contribution in [-0.4, -0.2) is 45.8 Å². The summed E-state index contributed by atoms with van der Waals surface area (Å²) in [6, 6.07) is 18.8. The highest BCUT2D eigenvalue weighted by atomic mass is 16.6. The van der Waals surface area contributed by atoms with Crippen LogP contribution in [0.2, 0.25) is 0 Å². The highest BCUT2D eigenvalue weighted by Gasteiger charge is 2.50. The lowest BCUT2D eigenvalue weighted by Crippen LogP contribution is -2.55. The number of rotatable bonds is 14. The van der Waals surface area contributed by atoms with Crippen molar-refractivity contribution in [1.82, 2.24) is 0 Å². The molecule has 0 saturated carbocycles. The van der Waals surface area contributed by atoms with Crippen molar-refractivity contribution in [3.05, 3.63) is 71.8 Å². The summed E-state index contributed by atoms with van der Waals surface area (Å²) in [6.07, 6.45) is 1.83. The summed E-state index contributed by atoms with van der Waals surface area (Å²) in [4.78, 5) is 0. The lowest BCUT2D eigenvalue weighted by atomic mass is 9.78. The molecule has 0 aliphatic carbocycles. The smallest absolute Gasteiger partial charge is 0.122 e. The number of ether oxygens (including phenoxy) is 1. The van der Waals surface area contributed by atoms with Gasteiger partial charge in [0.2, 0.25) is 0 Å². The Kier molecular flexibility index (Phi) is 10.1. The van der Waals surface area contributed by atoms with E-state index in [1.54, 1.807) is 0 Å². The summed E-state index contributed by atoms with van der Waals surface area (Å²) in [5.74, 6) is 0. The van der Waals surface area contributed by atoms with Gasteiger partial charge in [0.05, 0.1) is 13.2 Å². The maximum atomic E-state index is 11.1.